The number of hydrogen-bond donors (Lipinski definition) is 1. The first kappa shape index (κ1) is 18.5. The first-order chi connectivity index (χ1) is 13.2. The van der Waals surface area contributed by atoms with Crippen molar-refractivity contribution in [2.75, 3.05) is 26.2 Å². The van der Waals surface area contributed by atoms with Gasteiger partial charge in [0.25, 0.3) is 5.91 Å². The fraction of sp³-hybridized carbons (Fsp3) is 0.636. The molecule has 146 valence electrons. The molecule has 4 rings (SSSR count). The minimum Gasteiger partial charge on any atom is -0.356 e. The molecule has 5 heteroatoms. The minimum absolute atomic E-state index is 0.102. The van der Waals surface area contributed by atoms with Gasteiger partial charge < -0.3 is 15.1 Å². The van der Waals surface area contributed by atoms with Gasteiger partial charge in [-0.2, -0.15) is 0 Å². The smallest absolute Gasteiger partial charge is 0.254 e. The van der Waals surface area contributed by atoms with Crippen LogP contribution in [0.2, 0.25) is 0 Å². The van der Waals surface area contributed by atoms with E-state index < -0.39 is 0 Å². The Morgan fingerprint density at radius 2 is 1.96 bits per heavy atom. The molecular weight excluding hydrogens is 338 g/mol. The average molecular weight is 370 g/mol. The summed E-state index contributed by atoms with van der Waals surface area (Å²) in [4.78, 5) is 29.1. The Balaban J connectivity index is 1.18. The van der Waals surface area contributed by atoms with Crippen LogP contribution in [0, 0.1) is 5.92 Å². The van der Waals surface area contributed by atoms with E-state index in [-0.39, 0.29) is 11.8 Å². The second kappa shape index (κ2) is 8.42. The van der Waals surface area contributed by atoms with Gasteiger partial charge in [0.05, 0.1) is 0 Å². The Hall–Kier alpha value is -1.88. The Morgan fingerprint density at radius 3 is 2.85 bits per heavy atom. The van der Waals surface area contributed by atoms with Crippen LogP contribution in [0.5, 0.6) is 0 Å². The standard InChI is InChI=1S/C22H31N3O2/c26-21(23-15-17-8-5-13-24-12-4-3-10-20(17)24)11-6-14-25-16-18-7-1-2-9-19(18)22(25)27/h1-2,7,9,17,20H,3-6,8,10-16H2,(H,23,26)/t17-,20-/m0/s1. The van der Waals surface area contributed by atoms with Gasteiger partial charge in [-0.25, -0.2) is 0 Å². The summed E-state index contributed by atoms with van der Waals surface area (Å²) in [6.07, 6.45) is 7.67. The Bertz CT molecular complexity index is 688. The van der Waals surface area contributed by atoms with Crippen LogP contribution in [0.25, 0.3) is 0 Å². The number of nitrogens with zero attached hydrogens (tertiary/aromatic N) is 2. The zero-order chi connectivity index (χ0) is 18.6. The first-order valence-corrected chi connectivity index (χ1v) is 10.6. The largest absolute Gasteiger partial charge is 0.356 e. The van der Waals surface area contributed by atoms with Gasteiger partial charge in [-0.05, 0) is 62.7 Å². The quantitative estimate of drug-likeness (QED) is 0.839. The molecule has 1 aromatic carbocycles. The van der Waals surface area contributed by atoms with E-state index in [4.69, 9.17) is 0 Å². The molecule has 2 saturated heterocycles. The molecule has 0 unspecified atom stereocenters. The molecule has 3 aliphatic rings. The van der Waals surface area contributed by atoms with Crippen molar-refractivity contribution in [1.82, 2.24) is 15.1 Å². The third-order valence-corrected chi connectivity index (χ3v) is 6.52. The van der Waals surface area contributed by atoms with Crippen molar-refractivity contribution in [1.29, 1.82) is 0 Å². The summed E-state index contributed by atoms with van der Waals surface area (Å²) in [5.41, 5.74) is 1.91. The highest BCUT2D eigenvalue weighted by Gasteiger charge is 2.33. The summed E-state index contributed by atoms with van der Waals surface area (Å²) in [5.74, 6) is 0.843. The van der Waals surface area contributed by atoms with Crippen LogP contribution in [0.3, 0.4) is 0 Å². The molecule has 2 atom stereocenters. The fourth-order valence-corrected chi connectivity index (χ4v) is 5.07. The van der Waals surface area contributed by atoms with Crippen LogP contribution in [0.1, 0.15) is 60.9 Å². The van der Waals surface area contributed by atoms with Crippen LogP contribution in [0.4, 0.5) is 0 Å². The summed E-state index contributed by atoms with van der Waals surface area (Å²) in [5, 5.41) is 3.17. The number of carbonyl (C=O) groups excluding carboxylic acids is 2. The van der Waals surface area contributed by atoms with Gasteiger partial charge in [0.15, 0.2) is 0 Å². The molecule has 27 heavy (non-hydrogen) atoms. The summed E-state index contributed by atoms with van der Waals surface area (Å²) in [7, 11) is 0. The van der Waals surface area contributed by atoms with Crippen molar-refractivity contribution in [3.63, 3.8) is 0 Å². The van der Waals surface area contributed by atoms with Crippen molar-refractivity contribution in [3.8, 4) is 0 Å². The van der Waals surface area contributed by atoms with E-state index in [9.17, 15) is 9.59 Å². The molecule has 3 aliphatic heterocycles. The van der Waals surface area contributed by atoms with Gasteiger partial charge in [-0.1, -0.05) is 24.6 Å². The third kappa shape index (κ3) is 4.18. The predicted octanol–water partition coefficient (Wildman–Crippen LogP) is 2.80. The van der Waals surface area contributed by atoms with E-state index in [2.05, 4.69) is 10.2 Å². The average Bonchev–Trinajstić information content (AvgIpc) is 3.02. The van der Waals surface area contributed by atoms with Crippen molar-refractivity contribution in [2.24, 2.45) is 5.92 Å². The van der Waals surface area contributed by atoms with Gasteiger partial charge in [0.2, 0.25) is 5.91 Å². The van der Waals surface area contributed by atoms with Gasteiger partial charge in [0.1, 0.15) is 0 Å². The maximum absolute atomic E-state index is 12.4. The maximum Gasteiger partial charge on any atom is 0.254 e. The van der Waals surface area contributed by atoms with Crippen molar-refractivity contribution < 1.29 is 9.59 Å². The normalized spacial score (nSPS) is 25.2. The van der Waals surface area contributed by atoms with Crippen LogP contribution in [0.15, 0.2) is 24.3 Å². The second-order valence-electron chi connectivity index (χ2n) is 8.29. The summed E-state index contributed by atoms with van der Waals surface area (Å²) >= 11 is 0. The van der Waals surface area contributed by atoms with Crippen LogP contribution in [-0.2, 0) is 11.3 Å². The van der Waals surface area contributed by atoms with E-state index in [1.165, 1.54) is 45.2 Å². The van der Waals surface area contributed by atoms with E-state index in [1.807, 2.05) is 29.2 Å². The number of benzene rings is 1. The lowest BCUT2D eigenvalue weighted by atomic mass is 9.83. The Labute approximate surface area is 162 Å². The second-order valence-corrected chi connectivity index (χ2v) is 8.29. The lowest BCUT2D eigenvalue weighted by Gasteiger charge is -2.44. The number of fused-ring (bicyclic) bond motifs is 2. The van der Waals surface area contributed by atoms with E-state index in [0.29, 0.717) is 31.5 Å². The third-order valence-electron chi connectivity index (χ3n) is 6.52. The molecule has 1 aromatic rings. The molecule has 0 aliphatic carbocycles. The summed E-state index contributed by atoms with van der Waals surface area (Å²) in [6, 6.07) is 8.46. The summed E-state index contributed by atoms with van der Waals surface area (Å²) in [6.45, 7) is 4.62. The molecule has 2 fully saturated rings. The monoisotopic (exact) mass is 369 g/mol. The molecule has 2 amide bonds. The topological polar surface area (TPSA) is 52.7 Å². The molecule has 0 radical (unpaired) electrons. The molecule has 0 bridgehead atoms. The summed E-state index contributed by atoms with van der Waals surface area (Å²) < 4.78 is 0. The zero-order valence-corrected chi connectivity index (χ0v) is 16.2. The fourth-order valence-electron chi connectivity index (χ4n) is 5.07. The highest BCUT2D eigenvalue weighted by atomic mass is 16.2. The SMILES string of the molecule is O=C(CCCN1Cc2ccccc2C1=O)NC[C@@H]1CCCN2CCCC[C@@H]12. The van der Waals surface area contributed by atoms with E-state index in [1.54, 1.807) is 0 Å². The van der Waals surface area contributed by atoms with Crippen LogP contribution in [-0.4, -0.2) is 53.8 Å². The van der Waals surface area contributed by atoms with E-state index >= 15 is 0 Å². The number of nitrogens with one attached hydrogen (secondary N) is 1. The Kier molecular flexibility index (Phi) is 5.77. The zero-order valence-electron chi connectivity index (χ0n) is 16.2. The molecule has 0 saturated carbocycles. The first-order valence-electron chi connectivity index (χ1n) is 10.6. The molecule has 3 heterocycles. The highest BCUT2D eigenvalue weighted by molar-refractivity contribution is 5.98. The van der Waals surface area contributed by atoms with Crippen molar-refractivity contribution in [3.05, 3.63) is 35.4 Å². The van der Waals surface area contributed by atoms with Crippen LogP contribution >= 0.6 is 0 Å². The molecule has 1 N–H and O–H groups in total. The molecule has 5 nitrogen and oxygen atoms in total. The molecule has 0 spiro atoms. The highest BCUT2D eigenvalue weighted by Crippen LogP contribution is 2.30. The predicted molar refractivity (Wildman–Crippen MR) is 105 cm³/mol. The van der Waals surface area contributed by atoms with Gasteiger partial charge in [-0.15, -0.1) is 0 Å². The number of hydrogen-bond acceptors (Lipinski definition) is 3. The lowest BCUT2D eigenvalue weighted by Crippen LogP contribution is -2.51. The van der Waals surface area contributed by atoms with Gasteiger partial charge >= 0.3 is 0 Å². The van der Waals surface area contributed by atoms with Crippen molar-refractivity contribution >= 4 is 11.8 Å². The maximum atomic E-state index is 12.4. The number of amides is 2. The number of piperidine rings is 2. The van der Waals surface area contributed by atoms with Gasteiger partial charge in [0, 0.05) is 37.7 Å². The van der Waals surface area contributed by atoms with Gasteiger partial charge in [-0.3, -0.25) is 9.59 Å². The number of rotatable bonds is 6. The Morgan fingerprint density at radius 1 is 1.11 bits per heavy atom. The van der Waals surface area contributed by atoms with Crippen LogP contribution < -0.4 is 5.32 Å². The minimum atomic E-state index is 0.102. The number of carbonyl (C=O) groups is 2. The molecular formula is C22H31N3O2. The molecule has 0 aromatic heterocycles. The van der Waals surface area contributed by atoms with Crippen molar-refractivity contribution in [2.45, 2.75) is 57.5 Å². The van der Waals surface area contributed by atoms with E-state index in [0.717, 1.165) is 24.1 Å². The lowest BCUT2D eigenvalue weighted by molar-refractivity contribution is -0.121.